The van der Waals surface area contributed by atoms with Crippen LogP contribution in [0.4, 0.5) is 0 Å². The van der Waals surface area contributed by atoms with Crippen LogP contribution in [0.1, 0.15) is 31.7 Å². The normalized spacial score (nSPS) is 32.6. The summed E-state index contributed by atoms with van der Waals surface area (Å²) in [5, 5.41) is 3.87. The SMILES string of the molecule is CC1CCSC2(CCCN(Cc3ccccc3)C2)N1. The minimum atomic E-state index is 0.324. The zero-order chi connectivity index (χ0) is 13.1. The third-order valence-corrected chi connectivity index (χ3v) is 5.67. The van der Waals surface area contributed by atoms with Crippen molar-refractivity contribution in [2.24, 2.45) is 0 Å². The van der Waals surface area contributed by atoms with Gasteiger partial charge in [0.2, 0.25) is 0 Å². The molecule has 0 radical (unpaired) electrons. The van der Waals surface area contributed by atoms with Gasteiger partial charge < -0.3 is 0 Å². The molecule has 104 valence electrons. The molecule has 3 heteroatoms. The van der Waals surface area contributed by atoms with Crippen molar-refractivity contribution in [1.29, 1.82) is 0 Å². The van der Waals surface area contributed by atoms with Crippen molar-refractivity contribution < 1.29 is 0 Å². The summed E-state index contributed by atoms with van der Waals surface area (Å²) in [5.74, 6) is 1.31. The van der Waals surface area contributed by atoms with Gasteiger partial charge in [-0.25, -0.2) is 0 Å². The zero-order valence-corrected chi connectivity index (χ0v) is 12.6. The van der Waals surface area contributed by atoms with Gasteiger partial charge in [-0.05, 0) is 44.0 Å². The molecule has 2 aliphatic rings. The Labute approximate surface area is 121 Å². The van der Waals surface area contributed by atoms with Gasteiger partial charge in [-0.3, -0.25) is 10.2 Å². The smallest absolute Gasteiger partial charge is 0.0776 e. The number of hydrogen-bond acceptors (Lipinski definition) is 3. The number of likely N-dealkylation sites (tertiary alicyclic amines) is 1. The third kappa shape index (κ3) is 3.33. The van der Waals surface area contributed by atoms with Crippen molar-refractivity contribution >= 4 is 11.8 Å². The predicted octanol–water partition coefficient (Wildman–Crippen LogP) is 3.09. The Morgan fingerprint density at radius 2 is 2.21 bits per heavy atom. The van der Waals surface area contributed by atoms with Crippen LogP contribution in [0.5, 0.6) is 0 Å². The Hall–Kier alpha value is -0.510. The number of nitrogens with zero attached hydrogens (tertiary/aromatic N) is 1. The fraction of sp³-hybridized carbons (Fsp3) is 0.625. The first-order valence-electron chi connectivity index (χ1n) is 7.44. The Morgan fingerprint density at radius 1 is 1.37 bits per heavy atom. The van der Waals surface area contributed by atoms with Gasteiger partial charge >= 0.3 is 0 Å². The van der Waals surface area contributed by atoms with E-state index in [0.29, 0.717) is 10.9 Å². The first-order valence-corrected chi connectivity index (χ1v) is 8.42. The lowest BCUT2D eigenvalue weighted by Crippen LogP contribution is -2.59. The van der Waals surface area contributed by atoms with Crippen molar-refractivity contribution in [2.75, 3.05) is 18.8 Å². The molecule has 1 N–H and O–H groups in total. The van der Waals surface area contributed by atoms with Crippen LogP contribution in [-0.4, -0.2) is 34.7 Å². The molecule has 2 nitrogen and oxygen atoms in total. The highest BCUT2D eigenvalue weighted by Crippen LogP contribution is 2.37. The van der Waals surface area contributed by atoms with Crippen LogP contribution in [0.3, 0.4) is 0 Å². The van der Waals surface area contributed by atoms with Crippen LogP contribution in [-0.2, 0) is 6.54 Å². The minimum absolute atomic E-state index is 0.324. The number of benzene rings is 1. The van der Waals surface area contributed by atoms with E-state index in [0.717, 1.165) is 6.54 Å². The Morgan fingerprint density at radius 3 is 3.00 bits per heavy atom. The van der Waals surface area contributed by atoms with Gasteiger partial charge in [0.1, 0.15) is 0 Å². The highest BCUT2D eigenvalue weighted by Gasteiger charge is 2.38. The maximum absolute atomic E-state index is 3.87. The molecule has 1 aromatic carbocycles. The molecule has 0 bridgehead atoms. The van der Waals surface area contributed by atoms with E-state index in [2.05, 4.69) is 59.2 Å². The summed E-state index contributed by atoms with van der Waals surface area (Å²) in [6, 6.07) is 11.5. The Bertz CT molecular complexity index is 404. The van der Waals surface area contributed by atoms with Crippen LogP contribution in [0, 0.1) is 0 Å². The van der Waals surface area contributed by atoms with E-state index in [1.165, 1.54) is 43.7 Å². The lowest BCUT2D eigenvalue weighted by Gasteiger charge is -2.47. The Balaban J connectivity index is 1.64. The van der Waals surface area contributed by atoms with E-state index in [1.54, 1.807) is 0 Å². The molecule has 19 heavy (non-hydrogen) atoms. The summed E-state index contributed by atoms with van der Waals surface area (Å²) in [7, 11) is 0. The van der Waals surface area contributed by atoms with Crippen molar-refractivity contribution in [3.63, 3.8) is 0 Å². The quantitative estimate of drug-likeness (QED) is 0.893. The van der Waals surface area contributed by atoms with Crippen molar-refractivity contribution in [3.8, 4) is 0 Å². The average Bonchev–Trinajstić information content (AvgIpc) is 2.39. The van der Waals surface area contributed by atoms with E-state index in [4.69, 9.17) is 0 Å². The molecule has 2 atom stereocenters. The first-order chi connectivity index (χ1) is 9.26. The van der Waals surface area contributed by atoms with Gasteiger partial charge in [0, 0.05) is 19.1 Å². The summed E-state index contributed by atoms with van der Waals surface area (Å²) >= 11 is 2.15. The predicted molar refractivity (Wildman–Crippen MR) is 83.4 cm³/mol. The van der Waals surface area contributed by atoms with Crippen molar-refractivity contribution in [3.05, 3.63) is 35.9 Å². The van der Waals surface area contributed by atoms with Gasteiger partial charge in [0.25, 0.3) is 0 Å². The molecular formula is C16H24N2S. The fourth-order valence-electron chi connectivity index (χ4n) is 3.31. The zero-order valence-electron chi connectivity index (χ0n) is 11.8. The van der Waals surface area contributed by atoms with Crippen LogP contribution >= 0.6 is 11.8 Å². The van der Waals surface area contributed by atoms with Gasteiger partial charge in [0.15, 0.2) is 0 Å². The number of hydrogen-bond donors (Lipinski definition) is 1. The molecule has 1 spiro atoms. The van der Waals surface area contributed by atoms with E-state index >= 15 is 0 Å². The second kappa shape index (κ2) is 5.86. The molecule has 0 amide bonds. The summed E-state index contributed by atoms with van der Waals surface area (Å²) in [6.45, 7) is 5.86. The lowest BCUT2D eigenvalue weighted by atomic mass is 10.0. The van der Waals surface area contributed by atoms with E-state index in [9.17, 15) is 0 Å². The van der Waals surface area contributed by atoms with Gasteiger partial charge in [-0.1, -0.05) is 30.3 Å². The number of piperidine rings is 1. The average molecular weight is 276 g/mol. The molecule has 0 aliphatic carbocycles. The van der Waals surface area contributed by atoms with Crippen molar-refractivity contribution in [1.82, 2.24) is 10.2 Å². The topological polar surface area (TPSA) is 15.3 Å². The maximum Gasteiger partial charge on any atom is 0.0776 e. The summed E-state index contributed by atoms with van der Waals surface area (Å²) in [5.41, 5.74) is 1.44. The summed E-state index contributed by atoms with van der Waals surface area (Å²) in [6.07, 6.45) is 3.96. The van der Waals surface area contributed by atoms with Crippen LogP contribution < -0.4 is 5.32 Å². The van der Waals surface area contributed by atoms with E-state index in [1.807, 2.05) is 0 Å². The van der Waals surface area contributed by atoms with Gasteiger partial charge in [0.05, 0.1) is 4.87 Å². The van der Waals surface area contributed by atoms with E-state index < -0.39 is 0 Å². The molecule has 2 saturated heterocycles. The molecule has 1 aromatic rings. The largest absolute Gasteiger partial charge is 0.299 e. The number of nitrogens with one attached hydrogen (secondary N) is 1. The highest BCUT2D eigenvalue weighted by molar-refractivity contribution is 8.00. The molecule has 2 aliphatic heterocycles. The molecule has 2 fully saturated rings. The van der Waals surface area contributed by atoms with Crippen LogP contribution in [0.25, 0.3) is 0 Å². The maximum atomic E-state index is 3.87. The van der Waals surface area contributed by atoms with E-state index in [-0.39, 0.29) is 0 Å². The third-order valence-electron chi connectivity index (χ3n) is 4.22. The Kier molecular flexibility index (Phi) is 4.15. The van der Waals surface area contributed by atoms with Crippen molar-refractivity contribution in [2.45, 2.75) is 43.6 Å². The van der Waals surface area contributed by atoms with Gasteiger partial charge in [-0.15, -0.1) is 11.8 Å². The molecule has 2 unspecified atom stereocenters. The van der Waals surface area contributed by atoms with Crippen LogP contribution in [0.2, 0.25) is 0 Å². The highest BCUT2D eigenvalue weighted by atomic mass is 32.2. The second-order valence-corrected chi connectivity index (χ2v) is 7.46. The number of rotatable bonds is 2. The molecule has 3 rings (SSSR count). The molecule has 2 heterocycles. The molecule has 0 saturated carbocycles. The monoisotopic (exact) mass is 276 g/mol. The number of thioether (sulfide) groups is 1. The second-order valence-electron chi connectivity index (χ2n) is 5.98. The lowest BCUT2D eigenvalue weighted by molar-refractivity contribution is 0.156. The van der Waals surface area contributed by atoms with Crippen LogP contribution in [0.15, 0.2) is 30.3 Å². The molecular weight excluding hydrogens is 252 g/mol. The summed E-state index contributed by atoms with van der Waals surface area (Å²) in [4.78, 5) is 2.95. The summed E-state index contributed by atoms with van der Waals surface area (Å²) < 4.78 is 0. The fourth-order valence-corrected chi connectivity index (χ4v) is 5.02. The first kappa shape index (κ1) is 13.5. The standard InChI is InChI=1S/C16H24N2S/c1-14-8-11-19-16(17-14)9-5-10-18(13-16)12-15-6-3-2-4-7-15/h2-4,6-7,14,17H,5,8-13H2,1H3. The molecule has 0 aromatic heterocycles. The minimum Gasteiger partial charge on any atom is -0.299 e. The van der Waals surface area contributed by atoms with Gasteiger partial charge in [-0.2, -0.15) is 0 Å².